The van der Waals surface area contributed by atoms with E-state index in [1.54, 1.807) is 6.07 Å². The van der Waals surface area contributed by atoms with E-state index in [1.807, 2.05) is 19.1 Å². The highest BCUT2D eigenvalue weighted by atomic mass is 16.4. The molecule has 1 heterocycles. The minimum absolute atomic E-state index is 0.288. The van der Waals surface area contributed by atoms with Crippen molar-refractivity contribution in [3.8, 4) is 0 Å². The average molecular weight is 321 g/mol. The predicted octanol–water partition coefficient (Wildman–Crippen LogP) is 4.30. The molecule has 124 valence electrons. The fourth-order valence-electron chi connectivity index (χ4n) is 3.01. The van der Waals surface area contributed by atoms with Gasteiger partial charge in [-0.3, -0.25) is 4.90 Å². The Balaban J connectivity index is 1.82. The van der Waals surface area contributed by atoms with E-state index in [1.165, 1.54) is 11.1 Å². The van der Waals surface area contributed by atoms with E-state index in [4.69, 9.17) is 4.42 Å². The standard InChI is InChI=1S/C21H23NO2/c1-4-16-6-8-17(9-7-16)13-22(3)14-18-12-21(23)24-20-11-15(2)5-10-19(18)20/h5-12H,4,13-14H2,1-3H3. The van der Waals surface area contributed by atoms with Crippen LogP contribution in [-0.2, 0) is 19.5 Å². The Labute approximate surface area is 142 Å². The molecule has 0 aliphatic carbocycles. The number of benzene rings is 2. The Bertz CT molecular complexity index is 894. The van der Waals surface area contributed by atoms with Crippen LogP contribution in [0, 0.1) is 6.92 Å². The van der Waals surface area contributed by atoms with Crippen molar-refractivity contribution in [2.45, 2.75) is 33.4 Å². The molecular formula is C21H23NO2. The highest BCUT2D eigenvalue weighted by Gasteiger charge is 2.09. The van der Waals surface area contributed by atoms with Crippen LogP contribution in [-0.4, -0.2) is 11.9 Å². The van der Waals surface area contributed by atoms with Crippen molar-refractivity contribution >= 4 is 11.0 Å². The van der Waals surface area contributed by atoms with Crippen molar-refractivity contribution in [3.63, 3.8) is 0 Å². The predicted molar refractivity (Wildman–Crippen MR) is 98.2 cm³/mol. The van der Waals surface area contributed by atoms with Crippen LogP contribution in [0.2, 0.25) is 0 Å². The molecule has 24 heavy (non-hydrogen) atoms. The maximum Gasteiger partial charge on any atom is 0.336 e. The summed E-state index contributed by atoms with van der Waals surface area (Å²) < 4.78 is 5.33. The summed E-state index contributed by atoms with van der Waals surface area (Å²) in [5.41, 5.74) is 5.10. The first-order valence-electron chi connectivity index (χ1n) is 8.35. The molecule has 3 nitrogen and oxygen atoms in total. The van der Waals surface area contributed by atoms with E-state index < -0.39 is 0 Å². The summed E-state index contributed by atoms with van der Waals surface area (Å²) in [6.07, 6.45) is 1.06. The second kappa shape index (κ2) is 7.02. The van der Waals surface area contributed by atoms with Crippen LogP contribution in [0.4, 0.5) is 0 Å². The quantitative estimate of drug-likeness (QED) is 0.657. The van der Waals surface area contributed by atoms with E-state index >= 15 is 0 Å². The highest BCUT2D eigenvalue weighted by Crippen LogP contribution is 2.20. The van der Waals surface area contributed by atoms with Crippen LogP contribution >= 0.6 is 0 Å². The van der Waals surface area contributed by atoms with Crippen molar-refractivity contribution in [2.75, 3.05) is 7.05 Å². The van der Waals surface area contributed by atoms with Gasteiger partial charge in [-0.2, -0.15) is 0 Å². The topological polar surface area (TPSA) is 33.5 Å². The van der Waals surface area contributed by atoms with Gasteiger partial charge in [-0.25, -0.2) is 4.79 Å². The molecule has 0 bridgehead atoms. The van der Waals surface area contributed by atoms with Gasteiger partial charge in [0.1, 0.15) is 5.58 Å². The monoisotopic (exact) mass is 321 g/mol. The van der Waals surface area contributed by atoms with Crippen molar-refractivity contribution in [3.05, 3.63) is 81.2 Å². The zero-order chi connectivity index (χ0) is 17.1. The molecule has 2 aromatic carbocycles. The third-order valence-electron chi connectivity index (χ3n) is 4.31. The molecular weight excluding hydrogens is 298 g/mol. The van der Waals surface area contributed by atoms with Crippen molar-refractivity contribution in [1.29, 1.82) is 0 Å². The fraction of sp³-hybridized carbons (Fsp3) is 0.286. The minimum atomic E-state index is -0.288. The van der Waals surface area contributed by atoms with Crippen LogP contribution in [0.5, 0.6) is 0 Å². The number of aryl methyl sites for hydroxylation is 2. The van der Waals surface area contributed by atoms with Crippen molar-refractivity contribution in [1.82, 2.24) is 4.90 Å². The maximum atomic E-state index is 11.8. The molecule has 0 spiro atoms. The Morgan fingerprint density at radius 3 is 2.38 bits per heavy atom. The summed E-state index contributed by atoms with van der Waals surface area (Å²) in [6.45, 7) is 5.71. The molecule has 0 unspecified atom stereocenters. The molecule has 0 saturated heterocycles. The van der Waals surface area contributed by atoms with Gasteiger partial charge in [-0.15, -0.1) is 0 Å². The van der Waals surface area contributed by atoms with E-state index in [0.717, 1.165) is 29.5 Å². The van der Waals surface area contributed by atoms with E-state index in [-0.39, 0.29) is 5.63 Å². The summed E-state index contributed by atoms with van der Waals surface area (Å²) in [6, 6.07) is 16.3. The summed E-state index contributed by atoms with van der Waals surface area (Å²) in [4.78, 5) is 14.1. The number of nitrogens with zero attached hydrogens (tertiary/aromatic N) is 1. The van der Waals surface area contributed by atoms with Crippen LogP contribution in [0.3, 0.4) is 0 Å². The summed E-state index contributed by atoms with van der Waals surface area (Å²) in [5.74, 6) is 0. The van der Waals surface area contributed by atoms with Crippen molar-refractivity contribution < 1.29 is 4.42 Å². The molecule has 3 heteroatoms. The first-order chi connectivity index (χ1) is 11.5. The molecule has 0 N–H and O–H groups in total. The molecule has 0 aliphatic heterocycles. The smallest absolute Gasteiger partial charge is 0.336 e. The van der Waals surface area contributed by atoms with Gasteiger partial charge >= 0.3 is 5.63 Å². The van der Waals surface area contributed by atoms with Gasteiger partial charge in [0.2, 0.25) is 0 Å². The van der Waals surface area contributed by atoms with Crippen LogP contribution < -0.4 is 5.63 Å². The summed E-state index contributed by atoms with van der Waals surface area (Å²) in [7, 11) is 2.07. The van der Waals surface area contributed by atoms with Crippen LogP contribution in [0.15, 0.2) is 57.7 Å². The molecule has 0 saturated carbocycles. The lowest BCUT2D eigenvalue weighted by atomic mass is 10.1. The third-order valence-corrected chi connectivity index (χ3v) is 4.31. The normalized spacial score (nSPS) is 11.3. The van der Waals surface area contributed by atoms with Gasteiger partial charge in [0, 0.05) is 24.5 Å². The van der Waals surface area contributed by atoms with Gasteiger partial charge in [0.25, 0.3) is 0 Å². The Hall–Kier alpha value is -2.39. The molecule has 0 radical (unpaired) electrons. The average Bonchev–Trinajstić information content (AvgIpc) is 2.54. The Morgan fingerprint density at radius 1 is 0.958 bits per heavy atom. The van der Waals surface area contributed by atoms with Crippen LogP contribution in [0.25, 0.3) is 11.0 Å². The Kier molecular flexibility index (Phi) is 4.81. The van der Waals surface area contributed by atoms with Gasteiger partial charge < -0.3 is 4.42 Å². The molecule has 0 atom stereocenters. The minimum Gasteiger partial charge on any atom is -0.423 e. The van der Waals surface area contributed by atoms with Gasteiger partial charge in [-0.1, -0.05) is 43.3 Å². The van der Waals surface area contributed by atoms with E-state index in [2.05, 4.69) is 49.2 Å². The fourth-order valence-corrected chi connectivity index (χ4v) is 3.01. The molecule has 0 aliphatic rings. The second-order valence-corrected chi connectivity index (χ2v) is 6.43. The first kappa shape index (κ1) is 16.5. The number of hydrogen-bond donors (Lipinski definition) is 0. The lowest BCUT2D eigenvalue weighted by Crippen LogP contribution is -2.18. The number of rotatable bonds is 5. The second-order valence-electron chi connectivity index (χ2n) is 6.43. The highest BCUT2D eigenvalue weighted by molar-refractivity contribution is 5.80. The molecule has 0 fully saturated rings. The van der Waals surface area contributed by atoms with E-state index in [9.17, 15) is 4.79 Å². The largest absolute Gasteiger partial charge is 0.423 e. The van der Waals surface area contributed by atoms with Crippen LogP contribution in [0.1, 0.15) is 29.2 Å². The van der Waals surface area contributed by atoms with Gasteiger partial charge in [0.05, 0.1) is 0 Å². The summed E-state index contributed by atoms with van der Waals surface area (Å²) >= 11 is 0. The Morgan fingerprint density at radius 2 is 1.67 bits per heavy atom. The third kappa shape index (κ3) is 3.74. The maximum absolute atomic E-state index is 11.8. The lowest BCUT2D eigenvalue weighted by Gasteiger charge is -2.18. The van der Waals surface area contributed by atoms with Gasteiger partial charge in [0.15, 0.2) is 0 Å². The molecule has 1 aromatic heterocycles. The number of fused-ring (bicyclic) bond motifs is 1. The summed E-state index contributed by atoms with van der Waals surface area (Å²) in [5, 5.41) is 1.01. The van der Waals surface area contributed by atoms with E-state index in [0.29, 0.717) is 12.1 Å². The zero-order valence-electron chi connectivity index (χ0n) is 14.5. The zero-order valence-corrected chi connectivity index (χ0v) is 14.5. The SMILES string of the molecule is CCc1ccc(CN(C)Cc2cc(=O)oc3cc(C)ccc23)cc1. The molecule has 0 amide bonds. The first-order valence-corrected chi connectivity index (χ1v) is 8.35. The number of hydrogen-bond acceptors (Lipinski definition) is 3. The molecule has 3 aromatic rings. The van der Waals surface area contributed by atoms with Crippen molar-refractivity contribution in [2.24, 2.45) is 0 Å². The lowest BCUT2D eigenvalue weighted by molar-refractivity contribution is 0.319. The molecule has 3 rings (SSSR count). The van der Waals surface area contributed by atoms with Gasteiger partial charge in [-0.05, 0) is 48.7 Å².